The zero-order valence-electron chi connectivity index (χ0n) is 8.48. The van der Waals surface area contributed by atoms with Crippen molar-refractivity contribution >= 4 is 11.6 Å². The number of nitrogen functional groups attached to an aromatic ring is 1. The van der Waals surface area contributed by atoms with Gasteiger partial charge in [-0.3, -0.25) is 10.2 Å². The van der Waals surface area contributed by atoms with Crippen LogP contribution in [-0.2, 0) is 0 Å². The van der Waals surface area contributed by atoms with Crippen LogP contribution >= 0.6 is 0 Å². The fraction of sp³-hybridized carbons (Fsp3) is 0.222. The number of hydrogen-bond donors (Lipinski definition) is 2. The fourth-order valence-corrected chi connectivity index (χ4v) is 1.46. The van der Waals surface area contributed by atoms with E-state index in [0.717, 1.165) is 17.0 Å². The Kier molecular flexibility index (Phi) is 2.12. The third kappa shape index (κ3) is 1.44. The van der Waals surface area contributed by atoms with E-state index < -0.39 is 0 Å². The minimum absolute atomic E-state index is 0.366. The lowest BCUT2D eigenvalue weighted by atomic mass is 10.2. The lowest BCUT2D eigenvalue weighted by molar-refractivity contribution is 0.0952. The molecule has 0 aliphatic carbocycles. The molecule has 0 unspecified atom stereocenters. The van der Waals surface area contributed by atoms with Gasteiger partial charge in [0.05, 0.1) is 17.0 Å². The lowest BCUT2D eigenvalue weighted by Gasteiger charge is -2.04. The van der Waals surface area contributed by atoms with Crippen molar-refractivity contribution in [3.05, 3.63) is 29.2 Å². The zero-order chi connectivity index (χ0) is 11.0. The molecule has 0 radical (unpaired) electrons. The third-order valence-corrected chi connectivity index (χ3v) is 2.22. The summed E-state index contributed by atoms with van der Waals surface area (Å²) in [5.41, 5.74) is 4.79. The molecule has 0 aliphatic rings. The Morgan fingerprint density at radius 1 is 1.53 bits per heavy atom. The maximum atomic E-state index is 11.4. The van der Waals surface area contributed by atoms with Gasteiger partial charge in [0.1, 0.15) is 0 Å². The molecule has 0 aliphatic heterocycles. The number of carbonyl (C=O) groups excluding carboxylic acids is 1. The van der Waals surface area contributed by atoms with E-state index in [1.165, 1.54) is 6.20 Å². The average Bonchev–Trinajstić information content (AvgIpc) is 2.59. The molecule has 0 fully saturated rings. The molecule has 15 heavy (non-hydrogen) atoms. The summed E-state index contributed by atoms with van der Waals surface area (Å²) in [6.45, 7) is 3.67. The Balaban J connectivity index is 2.69. The maximum absolute atomic E-state index is 11.4. The first-order chi connectivity index (χ1) is 7.13. The Bertz CT molecular complexity index is 531. The predicted octanol–water partition coefficient (Wildman–Crippen LogP) is -0.0504. The highest BCUT2D eigenvalue weighted by atomic mass is 16.2. The second-order valence-corrected chi connectivity index (χ2v) is 3.29. The Hall–Kier alpha value is -1.95. The first kappa shape index (κ1) is 9.60. The number of nitrogens with one attached hydrogen (secondary N) is 1. The van der Waals surface area contributed by atoms with Gasteiger partial charge in [0.25, 0.3) is 5.91 Å². The van der Waals surface area contributed by atoms with Crippen LogP contribution in [0.5, 0.6) is 0 Å². The normalized spacial score (nSPS) is 10.6. The number of amides is 1. The van der Waals surface area contributed by atoms with E-state index in [2.05, 4.69) is 15.5 Å². The predicted molar refractivity (Wildman–Crippen MR) is 54.1 cm³/mol. The minimum Gasteiger partial charge on any atom is -0.290 e. The van der Waals surface area contributed by atoms with Crippen LogP contribution in [0.1, 0.15) is 21.7 Å². The van der Waals surface area contributed by atoms with Crippen LogP contribution < -0.4 is 11.3 Å². The number of fused-ring (bicyclic) bond motifs is 1. The molecule has 0 saturated heterocycles. The van der Waals surface area contributed by atoms with Crippen LogP contribution in [0.3, 0.4) is 0 Å². The molecule has 2 aromatic rings. The molecular formula is C9H11N5O. The number of hydrazine groups is 1. The number of aromatic nitrogens is 3. The first-order valence-corrected chi connectivity index (χ1v) is 4.46. The highest BCUT2D eigenvalue weighted by Gasteiger charge is 2.12. The fourth-order valence-electron chi connectivity index (χ4n) is 1.46. The molecule has 0 aromatic carbocycles. The van der Waals surface area contributed by atoms with E-state index in [-0.39, 0.29) is 5.91 Å². The summed E-state index contributed by atoms with van der Waals surface area (Å²) in [4.78, 5) is 15.5. The molecule has 0 atom stereocenters. The largest absolute Gasteiger partial charge is 0.290 e. The summed E-state index contributed by atoms with van der Waals surface area (Å²) < 4.78 is 1.62. The third-order valence-electron chi connectivity index (χ3n) is 2.22. The molecule has 2 heterocycles. The van der Waals surface area contributed by atoms with Gasteiger partial charge >= 0.3 is 0 Å². The molecule has 3 N–H and O–H groups in total. The van der Waals surface area contributed by atoms with Crippen molar-refractivity contribution in [1.29, 1.82) is 0 Å². The van der Waals surface area contributed by atoms with Crippen molar-refractivity contribution < 1.29 is 4.79 Å². The van der Waals surface area contributed by atoms with Crippen molar-refractivity contribution in [1.82, 2.24) is 20.0 Å². The quantitative estimate of drug-likeness (QED) is 0.388. The second kappa shape index (κ2) is 3.32. The average molecular weight is 205 g/mol. The van der Waals surface area contributed by atoms with E-state index >= 15 is 0 Å². The zero-order valence-corrected chi connectivity index (χ0v) is 8.48. The number of aryl methyl sites for hydroxylation is 2. The van der Waals surface area contributed by atoms with Gasteiger partial charge in [0, 0.05) is 12.3 Å². The van der Waals surface area contributed by atoms with Gasteiger partial charge in [-0.1, -0.05) is 0 Å². The first-order valence-electron chi connectivity index (χ1n) is 4.46. The van der Waals surface area contributed by atoms with E-state index in [1.807, 2.05) is 13.0 Å². The second-order valence-electron chi connectivity index (χ2n) is 3.29. The molecule has 6 heteroatoms. The van der Waals surface area contributed by atoms with Gasteiger partial charge in [0.2, 0.25) is 0 Å². The van der Waals surface area contributed by atoms with Crippen molar-refractivity contribution in [3.8, 4) is 0 Å². The topological polar surface area (TPSA) is 85.3 Å². The van der Waals surface area contributed by atoms with E-state index in [0.29, 0.717) is 5.56 Å². The number of hydrogen-bond acceptors (Lipinski definition) is 4. The summed E-state index contributed by atoms with van der Waals surface area (Å²) in [5, 5.41) is 4.22. The number of nitrogens with zero attached hydrogens (tertiary/aromatic N) is 3. The van der Waals surface area contributed by atoms with Crippen LogP contribution in [-0.4, -0.2) is 20.5 Å². The SMILES string of the molecule is Cc1cc2ncc(C(=O)NN)c(C)n2n1. The number of nitrogens with two attached hydrogens (primary N) is 1. The van der Waals surface area contributed by atoms with E-state index in [9.17, 15) is 4.79 Å². The van der Waals surface area contributed by atoms with Crippen molar-refractivity contribution in [3.63, 3.8) is 0 Å². The van der Waals surface area contributed by atoms with Gasteiger partial charge in [-0.05, 0) is 13.8 Å². The minimum atomic E-state index is -0.366. The molecule has 6 nitrogen and oxygen atoms in total. The van der Waals surface area contributed by atoms with Crippen LogP contribution in [0, 0.1) is 13.8 Å². The summed E-state index contributed by atoms with van der Waals surface area (Å²) in [7, 11) is 0. The van der Waals surface area contributed by atoms with E-state index in [4.69, 9.17) is 5.84 Å². The molecule has 0 saturated carbocycles. The van der Waals surface area contributed by atoms with Crippen molar-refractivity contribution in [2.75, 3.05) is 0 Å². The molecule has 1 amide bonds. The van der Waals surface area contributed by atoms with Crippen LogP contribution in [0.2, 0.25) is 0 Å². The molecule has 0 spiro atoms. The Morgan fingerprint density at radius 3 is 2.93 bits per heavy atom. The highest BCUT2D eigenvalue weighted by Crippen LogP contribution is 2.10. The molecule has 0 bridgehead atoms. The molecule has 2 aromatic heterocycles. The highest BCUT2D eigenvalue weighted by molar-refractivity contribution is 5.94. The van der Waals surface area contributed by atoms with Crippen molar-refractivity contribution in [2.24, 2.45) is 5.84 Å². The molecule has 2 rings (SSSR count). The van der Waals surface area contributed by atoms with Crippen LogP contribution in [0.15, 0.2) is 12.3 Å². The van der Waals surface area contributed by atoms with Crippen LogP contribution in [0.4, 0.5) is 0 Å². The summed E-state index contributed by atoms with van der Waals surface area (Å²) >= 11 is 0. The van der Waals surface area contributed by atoms with E-state index in [1.54, 1.807) is 11.4 Å². The standard InChI is InChI=1S/C9H11N5O/c1-5-3-8-11-4-7(9(15)12-10)6(2)14(8)13-5/h3-4H,10H2,1-2H3,(H,12,15). The maximum Gasteiger partial charge on any atom is 0.268 e. The molecular weight excluding hydrogens is 194 g/mol. The summed E-state index contributed by atoms with van der Waals surface area (Å²) in [6.07, 6.45) is 1.49. The number of rotatable bonds is 1. The lowest BCUT2D eigenvalue weighted by Crippen LogP contribution is -2.31. The monoisotopic (exact) mass is 205 g/mol. The van der Waals surface area contributed by atoms with Gasteiger partial charge in [-0.25, -0.2) is 15.3 Å². The van der Waals surface area contributed by atoms with Gasteiger partial charge in [-0.15, -0.1) is 0 Å². The Labute approximate surface area is 86.1 Å². The van der Waals surface area contributed by atoms with Gasteiger partial charge in [0.15, 0.2) is 5.65 Å². The molecule has 78 valence electrons. The van der Waals surface area contributed by atoms with Crippen LogP contribution in [0.25, 0.3) is 5.65 Å². The number of carbonyl (C=O) groups is 1. The Morgan fingerprint density at radius 2 is 2.27 bits per heavy atom. The smallest absolute Gasteiger partial charge is 0.268 e. The summed E-state index contributed by atoms with van der Waals surface area (Å²) in [5.74, 6) is 4.70. The van der Waals surface area contributed by atoms with Gasteiger partial charge < -0.3 is 0 Å². The summed E-state index contributed by atoms with van der Waals surface area (Å²) in [6, 6.07) is 1.84. The van der Waals surface area contributed by atoms with Crippen molar-refractivity contribution in [2.45, 2.75) is 13.8 Å². The van der Waals surface area contributed by atoms with Gasteiger partial charge in [-0.2, -0.15) is 5.10 Å².